The number of rotatable bonds is 3. The molecule has 1 saturated heterocycles. The minimum absolute atomic E-state index is 0.424. The molecule has 0 amide bonds. The molecule has 78 valence electrons. The van der Waals surface area contributed by atoms with E-state index in [4.69, 9.17) is 0 Å². The van der Waals surface area contributed by atoms with Crippen molar-refractivity contribution in [1.82, 2.24) is 4.90 Å². The van der Waals surface area contributed by atoms with Crippen molar-refractivity contribution in [3.05, 3.63) is 0 Å². The highest BCUT2D eigenvalue weighted by atomic mass is 15.2. The van der Waals surface area contributed by atoms with Crippen LogP contribution in [-0.2, 0) is 0 Å². The molecule has 2 unspecified atom stereocenters. The molecule has 0 aromatic carbocycles. The molecule has 13 heavy (non-hydrogen) atoms. The molecule has 1 rings (SSSR count). The molecule has 1 fully saturated rings. The number of hydrogen-bond acceptors (Lipinski definition) is 1. The van der Waals surface area contributed by atoms with Gasteiger partial charge in [0.2, 0.25) is 0 Å². The van der Waals surface area contributed by atoms with Gasteiger partial charge in [0.15, 0.2) is 0 Å². The lowest BCUT2D eigenvalue weighted by atomic mass is 9.97. The van der Waals surface area contributed by atoms with E-state index in [1.165, 1.54) is 25.9 Å². The maximum atomic E-state index is 2.67. The third-order valence-electron chi connectivity index (χ3n) is 3.71. The average molecular weight is 183 g/mol. The first-order valence-corrected chi connectivity index (χ1v) is 5.72. The van der Waals surface area contributed by atoms with E-state index >= 15 is 0 Å². The third kappa shape index (κ3) is 2.46. The average Bonchev–Trinajstić information content (AvgIpc) is 2.33. The summed E-state index contributed by atoms with van der Waals surface area (Å²) in [6, 6.07) is 0. The van der Waals surface area contributed by atoms with E-state index in [0.29, 0.717) is 5.54 Å². The first-order chi connectivity index (χ1) is 5.97. The zero-order chi connectivity index (χ0) is 10.1. The lowest BCUT2D eigenvalue weighted by molar-refractivity contribution is 0.136. The topological polar surface area (TPSA) is 3.24 Å². The molecule has 0 saturated carbocycles. The third-order valence-corrected chi connectivity index (χ3v) is 3.71. The number of hydrogen-bond donors (Lipinski definition) is 0. The van der Waals surface area contributed by atoms with Crippen LogP contribution in [0.4, 0.5) is 0 Å². The van der Waals surface area contributed by atoms with Gasteiger partial charge in [0.1, 0.15) is 0 Å². The summed E-state index contributed by atoms with van der Waals surface area (Å²) in [5.74, 6) is 1.77. The molecule has 0 spiro atoms. The second kappa shape index (κ2) is 4.00. The zero-order valence-corrected chi connectivity index (χ0v) is 9.93. The monoisotopic (exact) mass is 183 g/mol. The fraction of sp³-hybridized carbons (Fsp3) is 1.00. The van der Waals surface area contributed by atoms with Crippen LogP contribution in [0.15, 0.2) is 0 Å². The standard InChI is InChI=1S/C12H25N/c1-6-7-12(4,5)13-8-10(2)11(3)9-13/h10-11H,6-9H2,1-5H3. The molecule has 1 heterocycles. The van der Waals surface area contributed by atoms with Crippen molar-refractivity contribution in [2.45, 2.75) is 53.0 Å². The molecule has 0 radical (unpaired) electrons. The maximum absolute atomic E-state index is 2.67. The highest BCUT2D eigenvalue weighted by Crippen LogP contribution is 2.30. The van der Waals surface area contributed by atoms with Crippen molar-refractivity contribution in [3.63, 3.8) is 0 Å². The van der Waals surface area contributed by atoms with Gasteiger partial charge in [-0.15, -0.1) is 0 Å². The SMILES string of the molecule is CCCC(C)(C)N1CC(C)C(C)C1. The minimum Gasteiger partial charge on any atom is -0.298 e. The van der Waals surface area contributed by atoms with Gasteiger partial charge in [0.25, 0.3) is 0 Å². The Bertz CT molecular complexity index is 153. The summed E-state index contributed by atoms with van der Waals surface area (Å²) in [4.78, 5) is 2.67. The molecular weight excluding hydrogens is 158 g/mol. The van der Waals surface area contributed by atoms with Crippen LogP contribution in [0.5, 0.6) is 0 Å². The van der Waals surface area contributed by atoms with Crippen LogP contribution in [0.2, 0.25) is 0 Å². The Morgan fingerprint density at radius 1 is 1.15 bits per heavy atom. The van der Waals surface area contributed by atoms with E-state index in [1.807, 2.05) is 0 Å². The minimum atomic E-state index is 0.424. The van der Waals surface area contributed by atoms with Crippen LogP contribution < -0.4 is 0 Å². The molecule has 1 nitrogen and oxygen atoms in total. The van der Waals surface area contributed by atoms with Crippen LogP contribution in [-0.4, -0.2) is 23.5 Å². The highest BCUT2D eigenvalue weighted by molar-refractivity contribution is 4.89. The molecule has 0 bridgehead atoms. The van der Waals surface area contributed by atoms with Crippen molar-refractivity contribution in [3.8, 4) is 0 Å². The van der Waals surface area contributed by atoms with E-state index in [1.54, 1.807) is 0 Å². The second-order valence-electron chi connectivity index (χ2n) is 5.42. The summed E-state index contributed by atoms with van der Waals surface area (Å²) in [5, 5.41) is 0. The second-order valence-corrected chi connectivity index (χ2v) is 5.42. The summed E-state index contributed by atoms with van der Waals surface area (Å²) >= 11 is 0. The van der Waals surface area contributed by atoms with E-state index in [9.17, 15) is 0 Å². The normalized spacial score (nSPS) is 31.2. The molecule has 1 aliphatic heterocycles. The number of likely N-dealkylation sites (tertiary alicyclic amines) is 1. The molecule has 1 heteroatoms. The predicted octanol–water partition coefficient (Wildman–Crippen LogP) is 3.15. The van der Waals surface area contributed by atoms with Gasteiger partial charge in [0, 0.05) is 18.6 Å². The Balaban J connectivity index is 2.53. The van der Waals surface area contributed by atoms with Gasteiger partial charge in [-0.1, -0.05) is 27.2 Å². The fourth-order valence-corrected chi connectivity index (χ4v) is 2.39. The molecular formula is C12H25N. The fourth-order valence-electron chi connectivity index (χ4n) is 2.39. The van der Waals surface area contributed by atoms with Gasteiger partial charge >= 0.3 is 0 Å². The summed E-state index contributed by atoms with van der Waals surface area (Å²) in [5.41, 5.74) is 0.424. The van der Waals surface area contributed by atoms with Gasteiger partial charge in [-0.25, -0.2) is 0 Å². The van der Waals surface area contributed by atoms with E-state index in [2.05, 4.69) is 39.5 Å². The summed E-state index contributed by atoms with van der Waals surface area (Å²) < 4.78 is 0. The molecule has 0 aromatic heterocycles. The molecule has 2 atom stereocenters. The van der Waals surface area contributed by atoms with Crippen molar-refractivity contribution >= 4 is 0 Å². The molecule has 0 aliphatic carbocycles. The van der Waals surface area contributed by atoms with E-state index < -0.39 is 0 Å². The zero-order valence-electron chi connectivity index (χ0n) is 9.93. The van der Waals surface area contributed by atoms with Gasteiger partial charge in [0.05, 0.1) is 0 Å². The Kier molecular flexibility index (Phi) is 3.39. The largest absolute Gasteiger partial charge is 0.298 e. The van der Waals surface area contributed by atoms with Crippen molar-refractivity contribution < 1.29 is 0 Å². The molecule has 1 aliphatic rings. The predicted molar refractivity (Wildman–Crippen MR) is 58.9 cm³/mol. The van der Waals surface area contributed by atoms with Crippen LogP contribution in [0, 0.1) is 11.8 Å². The van der Waals surface area contributed by atoms with Crippen LogP contribution in [0.3, 0.4) is 0 Å². The Labute approximate surface area is 83.5 Å². The van der Waals surface area contributed by atoms with Crippen molar-refractivity contribution in [1.29, 1.82) is 0 Å². The van der Waals surface area contributed by atoms with Crippen molar-refractivity contribution in [2.24, 2.45) is 11.8 Å². The Morgan fingerprint density at radius 3 is 2.00 bits per heavy atom. The van der Waals surface area contributed by atoms with E-state index in [-0.39, 0.29) is 0 Å². The van der Waals surface area contributed by atoms with E-state index in [0.717, 1.165) is 11.8 Å². The van der Waals surface area contributed by atoms with Crippen LogP contribution in [0.25, 0.3) is 0 Å². The van der Waals surface area contributed by atoms with Gasteiger partial charge in [-0.3, -0.25) is 4.90 Å². The van der Waals surface area contributed by atoms with Crippen LogP contribution >= 0.6 is 0 Å². The first-order valence-electron chi connectivity index (χ1n) is 5.72. The lowest BCUT2D eigenvalue weighted by Crippen LogP contribution is -2.42. The summed E-state index contributed by atoms with van der Waals surface area (Å²) in [6.45, 7) is 14.4. The highest BCUT2D eigenvalue weighted by Gasteiger charge is 2.34. The van der Waals surface area contributed by atoms with Crippen LogP contribution in [0.1, 0.15) is 47.5 Å². The quantitative estimate of drug-likeness (QED) is 0.649. The summed E-state index contributed by atoms with van der Waals surface area (Å²) in [7, 11) is 0. The number of nitrogens with zero attached hydrogens (tertiary/aromatic N) is 1. The van der Waals surface area contributed by atoms with Gasteiger partial charge in [-0.05, 0) is 32.1 Å². The Morgan fingerprint density at radius 2 is 1.62 bits per heavy atom. The maximum Gasteiger partial charge on any atom is 0.0153 e. The van der Waals surface area contributed by atoms with Gasteiger partial charge in [-0.2, -0.15) is 0 Å². The Hall–Kier alpha value is -0.0400. The summed E-state index contributed by atoms with van der Waals surface area (Å²) in [6.07, 6.45) is 2.62. The van der Waals surface area contributed by atoms with Crippen molar-refractivity contribution in [2.75, 3.05) is 13.1 Å². The lowest BCUT2D eigenvalue weighted by Gasteiger charge is -2.35. The molecule has 0 N–H and O–H groups in total. The smallest absolute Gasteiger partial charge is 0.0153 e. The first kappa shape index (κ1) is 11.0. The molecule has 0 aromatic rings. The van der Waals surface area contributed by atoms with Gasteiger partial charge < -0.3 is 0 Å².